The molecule has 2 aliphatic rings. The highest BCUT2D eigenvalue weighted by atomic mass is 32.3. The average molecular weight is 308 g/mol. The van der Waals surface area contributed by atoms with Crippen LogP contribution in [0, 0.1) is 17.8 Å². The van der Waals surface area contributed by atoms with Gasteiger partial charge in [-0.1, -0.05) is 6.42 Å². The molecule has 3 unspecified atom stereocenters. The van der Waals surface area contributed by atoms with Gasteiger partial charge < -0.3 is 0 Å². The van der Waals surface area contributed by atoms with Crippen molar-refractivity contribution >= 4 is 23.0 Å². The Hall–Kier alpha value is -0.0200. The molecule has 2 fully saturated rings. The van der Waals surface area contributed by atoms with Gasteiger partial charge in [0.25, 0.3) is 0 Å². The first-order valence-corrected chi connectivity index (χ1v) is 7.24. The molecule has 2 aliphatic carbocycles. The smallest absolute Gasteiger partial charge is 0.198 e. The lowest BCUT2D eigenvalue weighted by molar-refractivity contribution is -0.202. The minimum absolute atomic E-state index is 0.00120. The van der Waals surface area contributed by atoms with Crippen molar-refractivity contribution in [2.75, 3.05) is 0 Å². The Kier molecular flexibility index (Phi) is 3.39. The fourth-order valence-electron chi connectivity index (χ4n) is 3.12. The Morgan fingerprint density at radius 1 is 1.11 bits per heavy atom. The maximum absolute atomic E-state index is 13.8. The standard InChI is InChI=1S/C9H12F4O3S2/c10-8(11,9(12,13)18(14,15)16-17)7-4-5-1-2-6(7)3-5/h5-7,17H,1-4H2. The molecule has 0 saturated heterocycles. The highest BCUT2D eigenvalue weighted by molar-refractivity contribution is 7.96. The fraction of sp³-hybridized carbons (Fsp3) is 1.00. The molecular weight excluding hydrogens is 296 g/mol. The van der Waals surface area contributed by atoms with E-state index in [2.05, 4.69) is 16.5 Å². The molecule has 0 aromatic rings. The number of fused-ring (bicyclic) bond motifs is 2. The molecule has 3 nitrogen and oxygen atoms in total. The van der Waals surface area contributed by atoms with Gasteiger partial charge in [-0.25, -0.2) is 0 Å². The van der Waals surface area contributed by atoms with E-state index >= 15 is 0 Å². The van der Waals surface area contributed by atoms with Crippen molar-refractivity contribution < 1.29 is 29.6 Å². The van der Waals surface area contributed by atoms with Crippen molar-refractivity contribution in [3.8, 4) is 0 Å². The van der Waals surface area contributed by atoms with Crippen LogP contribution in [0.4, 0.5) is 17.6 Å². The number of halogens is 4. The van der Waals surface area contributed by atoms with Crippen LogP contribution in [-0.2, 0) is 13.7 Å². The molecule has 0 radical (unpaired) electrons. The second kappa shape index (κ2) is 4.24. The lowest BCUT2D eigenvalue weighted by atomic mass is 9.84. The molecule has 2 bridgehead atoms. The monoisotopic (exact) mass is 308 g/mol. The van der Waals surface area contributed by atoms with Crippen LogP contribution in [-0.4, -0.2) is 19.6 Å². The number of hydrogen-bond acceptors (Lipinski definition) is 4. The molecule has 106 valence electrons. The molecule has 0 aromatic carbocycles. The van der Waals surface area contributed by atoms with Crippen molar-refractivity contribution in [1.82, 2.24) is 0 Å². The third-order valence-electron chi connectivity index (χ3n) is 4.00. The van der Waals surface area contributed by atoms with Crippen LogP contribution in [0.1, 0.15) is 25.7 Å². The highest BCUT2D eigenvalue weighted by Gasteiger charge is 2.72. The Bertz CT molecular complexity index is 437. The highest BCUT2D eigenvalue weighted by Crippen LogP contribution is 2.58. The third-order valence-corrected chi connectivity index (χ3v) is 5.69. The Balaban J connectivity index is 2.31. The quantitative estimate of drug-likeness (QED) is 0.493. The zero-order valence-electron chi connectivity index (χ0n) is 9.15. The molecule has 9 heteroatoms. The van der Waals surface area contributed by atoms with Gasteiger partial charge in [-0.05, 0) is 44.0 Å². The first kappa shape index (κ1) is 14.4. The number of thiol groups is 1. The van der Waals surface area contributed by atoms with Crippen LogP contribution in [0.2, 0.25) is 0 Å². The third kappa shape index (κ3) is 1.85. The van der Waals surface area contributed by atoms with Crippen LogP contribution in [0.3, 0.4) is 0 Å². The molecule has 0 aliphatic heterocycles. The van der Waals surface area contributed by atoms with Gasteiger partial charge in [0.2, 0.25) is 0 Å². The zero-order valence-corrected chi connectivity index (χ0v) is 10.9. The summed E-state index contributed by atoms with van der Waals surface area (Å²) in [6.45, 7) is 0. The van der Waals surface area contributed by atoms with Gasteiger partial charge in [0.15, 0.2) is 0 Å². The number of alkyl halides is 4. The van der Waals surface area contributed by atoms with Crippen LogP contribution in [0.5, 0.6) is 0 Å². The van der Waals surface area contributed by atoms with Gasteiger partial charge >= 0.3 is 21.3 Å². The lowest BCUT2D eigenvalue weighted by Crippen LogP contribution is -2.52. The Labute approximate surface area is 108 Å². The molecule has 0 spiro atoms. The van der Waals surface area contributed by atoms with Gasteiger partial charge in [0.05, 0.1) is 0 Å². The van der Waals surface area contributed by atoms with Crippen molar-refractivity contribution in [1.29, 1.82) is 0 Å². The van der Waals surface area contributed by atoms with Crippen molar-refractivity contribution in [3.63, 3.8) is 0 Å². The zero-order chi connectivity index (χ0) is 13.8. The second-order valence-corrected chi connectivity index (χ2v) is 6.97. The van der Waals surface area contributed by atoms with E-state index in [9.17, 15) is 26.0 Å². The van der Waals surface area contributed by atoms with Gasteiger partial charge in [-0.2, -0.15) is 29.6 Å². The van der Waals surface area contributed by atoms with E-state index in [4.69, 9.17) is 0 Å². The molecule has 3 atom stereocenters. The van der Waals surface area contributed by atoms with Crippen LogP contribution >= 0.6 is 12.9 Å². The summed E-state index contributed by atoms with van der Waals surface area (Å²) in [5, 5.41) is -5.25. The van der Waals surface area contributed by atoms with Gasteiger partial charge in [-0.15, -0.1) is 0 Å². The Morgan fingerprint density at radius 2 is 1.72 bits per heavy atom. The minimum atomic E-state index is -5.73. The van der Waals surface area contributed by atoms with E-state index in [1.54, 1.807) is 0 Å². The predicted molar refractivity (Wildman–Crippen MR) is 57.8 cm³/mol. The van der Waals surface area contributed by atoms with E-state index in [0.29, 0.717) is 12.8 Å². The lowest BCUT2D eigenvalue weighted by Gasteiger charge is -2.34. The summed E-state index contributed by atoms with van der Waals surface area (Å²) in [7, 11) is -5.73. The second-order valence-electron chi connectivity index (χ2n) is 4.95. The van der Waals surface area contributed by atoms with E-state index in [1.165, 1.54) is 0 Å². The normalized spacial score (nSPS) is 33.1. The van der Waals surface area contributed by atoms with E-state index in [-0.39, 0.29) is 12.3 Å². The first-order valence-electron chi connectivity index (χ1n) is 5.46. The van der Waals surface area contributed by atoms with E-state index < -0.39 is 33.1 Å². The predicted octanol–water partition coefficient (Wildman–Crippen LogP) is 2.84. The summed E-state index contributed by atoms with van der Waals surface area (Å²) < 4.78 is 79.6. The molecule has 18 heavy (non-hydrogen) atoms. The summed E-state index contributed by atoms with van der Waals surface area (Å²) >= 11 is 2.72. The average Bonchev–Trinajstić information content (AvgIpc) is 2.90. The summed E-state index contributed by atoms with van der Waals surface area (Å²) in [4.78, 5) is 0. The summed E-state index contributed by atoms with van der Waals surface area (Å²) in [6.07, 6.45) is 1.61. The summed E-state index contributed by atoms with van der Waals surface area (Å²) in [5.74, 6) is -6.77. The maximum atomic E-state index is 13.8. The summed E-state index contributed by atoms with van der Waals surface area (Å²) in [5.41, 5.74) is 0. The van der Waals surface area contributed by atoms with E-state index in [1.807, 2.05) is 0 Å². The SMILES string of the molecule is O=S(=O)(OS)C(F)(F)C(F)(F)C1CC2CCC1C2. The molecule has 0 heterocycles. The molecular formula is C9H12F4O3S2. The van der Waals surface area contributed by atoms with Gasteiger partial charge in [0.1, 0.15) is 0 Å². The topological polar surface area (TPSA) is 43.4 Å². The Morgan fingerprint density at radius 3 is 2.11 bits per heavy atom. The molecule has 0 N–H and O–H groups in total. The van der Waals surface area contributed by atoms with E-state index in [0.717, 1.165) is 6.42 Å². The fourth-order valence-corrected chi connectivity index (χ4v) is 3.98. The molecule has 2 rings (SSSR count). The van der Waals surface area contributed by atoms with Crippen LogP contribution in [0.15, 0.2) is 0 Å². The molecule has 2 saturated carbocycles. The number of rotatable bonds is 4. The molecule has 0 aromatic heterocycles. The first-order chi connectivity index (χ1) is 8.13. The largest absolute Gasteiger partial charge is 0.432 e. The summed E-state index contributed by atoms with van der Waals surface area (Å²) in [6, 6.07) is 0. The van der Waals surface area contributed by atoms with Crippen molar-refractivity contribution in [2.24, 2.45) is 17.8 Å². The maximum Gasteiger partial charge on any atom is 0.432 e. The van der Waals surface area contributed by atoms with Crippen molar-refractivity contribution in [2.45, 2.75) is 36.9 Å². The van der Waals surface area contributed by atoms with Gasteiger partial charge in [0, 0.05) is 5.92 Å². The number of hydrogen-bond donors (Lipinski definition) is 1. The van der Waals surface area contributed by atoms with Crippen LogP contribution < -0.4 is 0 Å². The molecule has 0 amide bonds. The van der Waals surface area contributed by atoms with Crippen molar-refractivity contribution in [3.05, 3.63) is 0 Å². The van der Waals surface area contributed by atoms with Gasteiger partial charge in [-0.3, -0.25) is 0 Å². The minimum Gasteiger partial charge on any atom is -0.198 e. The van der Waals surface area contributed by atoms with Crippen LogP contribution in [0.25, 0.3) is 0 Å².